The van der Waals surface area contributed by atoms with Crippen molar-refractivity contribution in [2.24, 2.45) is 5.92 Å². The number of hydrogen-bond acceptors (Lipinski definition) is 2. The molecule has 1 atom stereocenters. The summed E-state index contributed by atoms with van der Waals surface area (Å²) in [5.74, 6) is -0.863. The maximum Gasteiger partial charge on any atom is 0.163 e. The first-order valence-electron chi connectivity index (χ1n) is 7.62. The van der Waals surface area contributed by atoms with E-state index in [-0.39, 0.29) is 6.04 Å². The van der Waals surface area contributed by atoms with Gasteiger partial charge in [-0.1, -0.05) is 19.1 Å². The number of halogens is 2. The van der Waals surface area contributed by atoms with Crippen molar-refractivity contribution >= 4 is 0 Å². The molecule has 0 saturated heterocycles. The molecule has 0 spiro atoms. The van der Waals surface area contributed by atoms with Crippen LogP contribution in [0.1, 0.15) is 49.8 Å². The van der Waals surface area contributed by atoms with E-state index in [1.165, 1.54) is 0 Å². The summed E-state index contributed by atoms with van der Waals surface area (Å²) in [7, 11) is 3.45. The largest absolute Gasteiger partial charge is 0.376 e. The van der Waals surface area contributed by atoms with Crippen LogP contribution in [0.5, 0.6) is 0 Å². The normalized spacial score (nSPS) is 27.6. The van der Waals surface area contributed by atoms with Crippen LogP contribution in [0, 0.1) is 24.5 Å². The Balaban J connectivity index is 2.41. The first kappa shape index (κ1) is 16.4. The van der Waals surface area contributed by atoms with Crippen molar-refractivity contribution < 1.29 is 13.5 Å². The molecular weight excluding hydrogens is 272 g/mol. The highest BCUT2D eigenvalue weighted by Gasteiger charge is 2.43. The van der Waals surface area contributed by atoms with Gasteiger partial charge in [0.05, 0.1) is 11.6 Å². The number of benzene rings is 1. The van der Waals surface area contributed by atoms with Gasteiger partial charge in [0.25, 0.3) is 0 Å². The minimum atomic E-state index is -0.761. The Labute approximate surface area is 125 Å². The van der Waals surface area contributed by atoms with Gasteiger partial charge in [-0.15, -0.1) is 0 Å². The van der Waals surface area contributed by atoms with Crippen LogP contribution in [0.15, 0.2) is 12.1 Å². The first-order chi connectivity index (χ1) is 9.95. The number of aryl methyl sites for hydroxylation is 1. The Kier molecular flexibility index (Phi) is 4.99. The molecule has 118 valence electrons. The molecule has 1 fully saturated rings. The lowest BCUT2D eigenvalue weighted by Crippen LogP contribution is -2.47. The van der Waals surface area contributed by atoms with Gasteiger partial charge in [0.1, 0.15) is 0 Å². The van der Waals surface area contributed by atoms with Crippen LogP contribution in [0.3, 0.4) is 0 Å². The van der Waals surface area contributed by atoms with Gasteiger partial charge in [-0.05, 0) is 51.1 Å². The summed E-state index contributed by atoms with van der Waals surface area (Å²) < 4.78 is 34.1. The summed E-state index contributed by atoms with van der Waals surface area (Å²) in [6, 6.07) is 2.96. The van der Waals surface area contributed by atoms with Gasteiger partial charge < -0.3 is 10.1 Å². The molecule has 1 aliphatic carbocycles. The fraction of sp³-hybridized carbons (Fsp3) is 0.647. The summed E-state index contributed by atoms with van der Waals surface area (Å²) in [5, 5.41) is 3.15. The smallest absolute Gasteiger partial charge is 0.163 e. The van der Waals surface area contributed by atoms with Crippen LogP contribution in [-0.4, -0.2) is 19.8 Å². The second-order valence-corrected chi connectivity index (χ2v) is 6.27. The Morgan fingerprint density at radius 1 is 1.24 bits per heavy atom. The van der Waals surface area contributed by atoms with Gasteiger partial charge in [0.15, 0.2) is 11.6 Å². The molecule has 2 nitrogen and oxygen atoms in total. The van der Waals surface area contributed by atoms with Crippen molar-refractivity contribution in [1.82, 2.24) is 5.32 Å². The zero-order valence-corrected chi connectivity index (χ0v) is 13.3. The van der Waals surface area contributed by atoms with E-state index in [0.717, 1.165) is 25.7 Å². The van der Waals surface area contributed by atoms with Gasteiger partial charge in [0.2, 0.25) is 0 Å². The summed E-state index contributed by atoms with van der Waals surface area (Å²) in [6.45, 7) is 3.80. The SMILES string of the molecule is CNC(c1ccc(C)c(F)c1F)C1(OC)CCC(C)CC1. The number of methoxy groups -OCH3 is 1. The second-order valence-electron chi connectivity index (χ2n) is 6.27. The predicted octanol–water partition coefficient (Wildman–Crippen LogP) is 4.13. The predicted molar refractivity (Wildman–Crippen MR) is 80.3 cm³/mol. The number of likely N-dealkylation sites (N-methyl/N-ethyl adjacent to an activating group) is 1. The van der Waals surface area contributed by atoms with E-state index in [4.69, 9.17) is 4.74 Å². The number of ether oxygens (including phenoxy) is 1. The van der Waals surface area contributed by atoms with Crippen molar-refractivity contribution in [3.8, 4) is 0 Å². The van der Waals surface area contributed by atoms with E-state index in [1.807, 2.05) is 0 Å². The minimum absolute atomic E-state index is 0.329. The molecule has 1 N–H and O–H groups in total. The van der Waals surface area contributed by atoms with Crippen LogP contribution in [0.2, 0.25) is 0 Å². The fourth-order valence-corrected chi connectivity index (χ4v) is 3.45. The Morgan fingerprint density at radius 2 is 1.86 bits per heavy atom. The van der Waals surface area contributed by atoms with Gasteiger partial charge in [0, 0.05) is 12.7 Å². The van der Waals surface area contributed by atoms with Crippen molar-refractivity contribution in [3.63, 3.8) is 0 Å². The van der Waals surface area contributed by atoms with Gasteiger partial charge in [-0.25, -0.2) is 8.78 Å². The van der Waals surface area contributed by atoms with Crippen molar-refractivity contribution in [2.75, 3.05) is 14.2 Å². The van der Waals surface area contributed by atoms with Crippen LogP contribution < -0.4 is 5.32 Å². The lowest BCUT2D eigenvalue weighted by molar-refractivity contribution is -0.0753. The molecule has 0 radical (unpaired) electrons. The molecule has 2 rings (SSSR count). The third kappa shape index (κ3) is 2.97. The molecule has 0 aliphatic heterocycles. The maximum absolute atomic E-state index is 14.4. The Bertz CT molecular complexity index is 496. The lowest BCUT2D eigenvalue weighted by Gasteiger charge is -2.44. The highest BCUT2D eigenvalue weighted by atomic mass is 19.2. The number of rotatable bonds is 4. The molecule has 21 heavy (non-hydrogen) atoms. The van der Waals surface area contributed by atoms with E-state index in [1.54, 1.807) is 33.2 Å². The van der Waals surface area contributed by atoms with Crippen molar-refractivity contribution in [3.05, 3.63) is 34.9 Å². The van der Waals surface area contributed by atoms with E-state index < -0.39 is 17.2 Å². The number of hydrogen-bond donors (Lipinski definition) is 1. The van der Waals surface area contributed by atoms with Crippen LogP contribution in [-0.2, 0) is 4.74 Å². The standard InChI is InChI=1S/C17H25F2NO/c1-11-7-9-17(21-4,10-8-11)16(20-3)13-6-5-12(2)14(18)15(13)19/h5-6,11,16,20H,7-10H2,1-4H3. The van der Waals surface area contributed by atoms with Crippen molar-refractivity contribution in [1.29, 1.82) is 0 Å². The average molecular weight is 297 g/mol. The highest BCUT2D eigenvalue weighted by Crippen LogP contribution is 2.43. The Morgan fingerprint density at radius 3 is 2.38 bits per heavy atom. The van der Waals surface area contributed by atoms with E-state index in [9.17, 15) is 8.78 Å². The summed E-state index contributed by atoms with van der Waals surface area (Å²) in [6.07, 6.45) is 3.79. The fourth-order valence-electron chi connectivity index (χ4n) is 3.45. The molecule has 0 aromatic heterocycles. The quantitative estimate of drug-likeness (QED) is 0.902. The topological polar surface area (TPSA) is 21.3 Å². The molecule has 1 aromatic rings. The molecule has 0 amide bonds. The maximum atomic E-state index is 14.4. The van der Waals surface area contributed by atoms with Gasteiger partial charge in [-0.2, -0.15) is 0 Å². The third-order valence-corrected chi connectivity index (χ3v) is 4.96. The third-order valence-electron chi connectivity index (χ3n) is 4.96. The van der Waals surface area contributed by atoms with Gasteiger partial charge in [-0.3, -0.25) is 0 Å². The van der Waals surface area contributed by atoms with Crippen LogP contribution in [0.25, 0.3) is 0 Å². The minimum Gasteiger partial charge on any atom is -0.376 e. The van der Waals surface area contributed by atoms with E-state index in [0.29, 0.717) is 17.0 Å². The zero-order chi connectivity index (χ0) is 15.6. The highest BCUT2D eigenvalue weighted by molar-refractivity contribution is 5.30. The van der Waals surface area contributed by atoms with Crippen molar-refractivity contribution in [2.45, 2.75) is 51.2 Å². The number of nitrogens with one attached hydrogen (secondary N) is 1. The zero-order valence-electron chi connectivity index (χ0n) is 13.3. The van der Waals surface area contributed by atoms with E-state index in [2.05, 4.69) is 12.2 Å². The summed E-state index contributed by atoms with van der Waals surface area (Å²) in [5.41, 5.74) is 0.218. The molecule has 0 heterocycles. The summed E-state index contributed by atoms with van der Waals surface area (Å²) in [4.78, 5) is 0. The monoisotopic (exact) mass is 297 g/mol. The molecule has 1 aliphatic rings. The molecular formula is C17H25F2NO. The molecule has 1 aromatic carbocycles. The molecule has 1 saturated carbocycles. The van der Waals surface area contributed by atoms with Crippen LogP contribution in [0.4, 0.5) is 8.78 Å². The summed E-state index contributed by atoms with van der Waals surface area (Å²) >= 11 is 0. The average Bonchev–Trinajstić information content (AvgIpc) is 2.50. The second kappa shape index (κ2) is 6.41. The van der Waals surface area contributed by atoms with Gasteiger partial charge >= 0.3 is 0 Å². The molecule has 0 bridgehead atoms. The first-order valence-corrected chi connectivity index (χ1v) is 7.62. The molecule has 1 unspecified atom stereocenters. The van der Waals surface area contributed by atoms with Crippen LogP contribution >= 0.6 is 0 Å². The Hall–Kier alpha value is -1.00. The lowest BCUT2D eigenvalue weighted by atomic mass is 9.73. The van der Waals surface area contributed by atoms with E-state index >= 15 is 0 Å². The molecule has 4 heteroatoms.